The van der Waals surface area contributed by atoms with Crippen molar-refractivity contribution in [1.82, 2.24) is 9.55 Å². The number of hydrogen-bond acceptors (Lipinski definition) is 4. The van der Waals surface area contributed by atoms with Gasteiger partial charge in [-0.05, 0) is 43.6 Å². The predicted octanol–water partition coefficient (Wildman–Crippen LogP) is 3.40. The molecule has 0 saturated heterocycles. The molecule has 0 amide bonds. The maximum absolute atomic E-state index is 13.1. The molecule has 130 valence electrons. The van der Waals surface area contributed by atoms with Gasteiger partial charge in [-0.2, -0.15) is 0 Å². The van der Waals surface area contributed by atoms with Gasteiger partial charge >= 0.3 is 5.97 Å². The minimum absolute atomic E-state index is 0.0286. The summed E-state index contributed by atoms with van der Waals surface area (Å²) in [6.07, 6.45) is 5.32. The summed E-state index contributed by atoms with van der Waals surface area (Å²) in [6, 6.07) is 0. The molecule has 1 aliphatic carbocycles. The molecule has 1 N–H and O–H groups in total. The molecule has 0 aromatic carbocycles. The molecule has 1 aliphatic rings. The van der Waals surface area contributed by atoms with Crippen LogP contribution >= 0.6 is 11.3 Å². The van der Waals surface area contributed by atoms with E-state index in [1.807, 2.05) is 0 Å². The van der Waals surface area contributed by atoms with Crippen LogP contribution in [0, 0.1) is 5.92 Å². The summed E-state index contributed by atoms with van der Waals surface area (Å²) in [4.78, 5) is 30.9. The fourth-order valence-corrected chi connectivity index (χ4v) is 4.89. The number of nitrogens with zero attached hydrogens (tertiary/aromatic N) is 2. The van der Waals surface area contributed by atoms with Crippen molar-refractivity contribution in [1.29, 1.82) is 0 Å². The fourth-order valence-electron chi connectivity index (χ4n) is 3.50. The Morgan fingerprint density at radius 2 is 2.25 bits per heavy atom. The van der Waals surface area contributed by atoms with Crippen molar-refractivity contribution in [3.8, 4) is 0 Å². The fraction of sp³-hybridized carbons (Fsp3) is 0.611. The van der Waals surface area contributed by atoms with Crippen LogP contribution in [0.5, 0.6) is 0 Å². The van der Waals surface area contributed by atoms with Crippen molar-refractivity contribution in [2.45, 2.75) is 65.3 Å². The summed E-state index contributed by atoms with van der Waals surface area (Å²) in [7, 11) is 0. The quantitative estimate of drug-likeness (QED) is 0.868. The number of rotatable bonds is 6. The van der Waals surface area contributed by atoms with Crippen molar-refractivity contribution in [2.75, 3.05) is 0 Å². The molecule has 0 spiro atoms. The lowest BCUT2D eigenvalue weighted by atomic mass is 9.89. The van der Waals surface area contributed by atoms with Crippen LogP contribution in [0.1, 0.15) is 55.8 Å². The zero-order valence-corrected chi connectivity index (χ0v) is 15.1. The molecular weight excluding hydrogens is 324 g/mol. The van der Waals surface area contributed by atoms with Crippen LogP contribution in [0.2, 0.25) is 0 Å². The second-order valence-electron chi connectivity index (χ2n) is 6.76. The van der Waals surface area contributed by atoms with Crippen molar-refractivity contribution in [3.05, 3.63) is 26.6 Å². The van der Waals surface area contributed by atoms with Gasteiger partial charge in [-0.1, -0.05) is 13.8 Å². The monoisotopic (exact) mass is 348 g/mol. The smallest absolute Gasteiger partial charge is 0.303 e. The van der Waals surface area contributed by atoms with Gasteiger partial charge in [0.2, 0.25) is 0 Å². The highest BCUT2D eigenvalue weighted by Crippen LogP contribution is 2.35. The zero-order valence-electron chi connectivity index (χ0n) is 14.3. The Morgan fingerprint density at radius 3 is 2.96 bits per heavy atom. The Bertz CT molecular complexity index is 822. The molecule has 0 bridgehead atoms. The molecule has 2 heterocycles. The molecule has 24 heavy (non-hydrogen) atoms. The Morgan fingerprint density at radius 1 is 1.46 bits per heavy atom. The standard InChI is InChI=1S/C18H24N2O3S/c1-3-5-14-19-17-16(12-8-7-11(2)10-13(12)24-17)18(23)20(14)9-4-6-15(21)22/h11H,3-10H2,1-2H3,(H,21,22). The summed E-state index contributed by atoms with van der Waals surface area (Å²) in [5.74, 6) is 0.640. The molecule has 0 fully saturated rings. The van der Waals surface area contributed by atoms with Gasteiger partial charge in [0.25, 0.3) is 5.56 Å². The van der Waals surface area contributed by atoms with Crippen molar-refractivity contribution in [3.63, 3.8) is 0 Å². The Labute approximate surface area is 145 Å². The highest BCUT2D eigenvalue weighted by Gasteiger charge is 2.24. The number of hydrogen-bond donors (Lipinski definition) is 1. The summed E-state index contributed by atoms with van der Waals surface area (Å²) >= 11 is 1.68. The normalized spacial score (nSPS) is 17.2. The van der Waals surface area contributed by atoms with Crippen molar-refractivity contribution in [2.24, 2.45) is 5.92 Å². The highest BCUT2D eigenvalue weighted by atomic mass is 32.1. The highest BCUT2D eigenvalue weighted by molar-refractivity contribution is 7.18. The van der Waals surface area contributed by atoms with E-state index in [1.165, 1.54) is 10.4 Å². The SMILES string of the molecule is CCCc1nc2sc3c(c2c(=O)n1CCCC(=O)O)CCC(C)C3. The number of aliphatic carboxylic acids is 1. The molecule has 1 unspecified atom stereocenters. The first kappa shape index (κ1) is 17.1. The first-order chi connectivity index (χ1) is 11.5. The average Bonchev–Trinajstić information content (AvgIpc) is 2.87. The van der Waals surface area contributed by atoms with Crippen molar-refractivity contribution < 1.29 is 9.90 Å². The summed E-state index contributed by atoms with van der Waals surface area (Å²) in [6.45, 7) is 4.76. The number of carboxylic acids is 1. The molecule has 0 saturated carbocycles. The van der Waals surface area contributed by atoms with E-state index in [2.05, 4.69) is 13.8 Å². The number of fused-ring (bicyclic) bond motifs is 3. The van der Waals surface area contributed by atoms with E-state index in [0.717, 1.165) is 48.1 Å². The molecule has 0 aliphatic heterocycles. The molecule has 2 aromatic heterocycles. The molecule has 3 rings (SSSR count). The molecule has 2 aromatic rings. The summed E-state index contributed by atoms with van der Waals surface area (Å²) < 4.78 is 1.72. The predicted molar refractivity (Wildman–Crippen MR) is 95.9 cm³/mol. The van der Waals surface area contributed by atoms with E-state index in [1.54, 1.807) is 15.9 Å². The molecule has 5 nitrogen and oxygen atoms in total. The molecule has 6 heteroatoms. The maximum atomic E-state index is 13.1. The largest absolute Gasteiger partial charge is 0.481 e. The van der Waals surface area contributed by atoms with Crippen LogP contribution in [-0.4, -0.2) is 20.6 Å². The third-order valence-electron chi connectivity index (χ3n) is 4.74. The van der Waals surface area contributed by atoms with Crippen molar-refractivity contribution >= 4 is 27.5 Å². The van der Waals surface area contributed by atoms with Gasteiger partial charge in [0.15, 0.2) is 0 Å². The molecule has 0 radical (unpaired) electrons. The van der Waals surface area contributed by atoms with Crippen LogP contribution < -0.4 is 5.56 Å². The Hall–Kier alpha value is -1.69. The Balaban J connectivity index is 2.07. The van der Waals surface area contributed by atoms with E-state index < -0.39 is 5.97 Å². The zero-order chi connectivity index (χ0) is 17.3. The lowest BCUT2D eigenvalue weighted by Crippen LogP contribution is -2.26. The number of aromatic nitrogens is 2. The van der Waals surface area contributed by atoms with Crippen LogP contribution in [0.15, 0.2) is 4.79 Å². The minimum Gasteiger partial charge on any atom is -0.481 e. The number of carboxylic acid groups (broad SMARTS) is 1. The summed E-state index contributed by atoms with van der Waals surface area (Å²) in [5, 5.41) is 9.64. The lowest BCUT2D eigenvalue weighted by molar-refractivity contribution is -0.137. The number of thiophene rings is 1. The molecular formula is C18H24N2O3S. The minimum atomic E-state index is -0.823. The van der Waals surface area contributed by atoms with Gasteiger partial charge in [0.05, 0.1) is 5.39 Å². The van der Waals surface area contributed by atoms with Gasteiger partial charge in [-0.3, -0.25) is 14.2 Å². The van der Waals surface area contributed by atoms with E-state index in [4.69, 9.17) is 10.1 Å². The van der Waals surface area contributed by atoms with Gasteiger partial charge in [0.1, 0.15) is 10.7 Å². The van der Waals surface area contributed by atoms with Crippen LogP contribution in [-0.2, 0) is 30.6 Å². The topological polar surface area (TPSA) is 72.2 Å². The second kappa shape index (κ2) is 7.05. The Kier molecular flexibility index (Phi) is 5.04. The van der Waals surface area contributed by atoms with E-state index >= 15 is 0 Å². The lowest BCUT2D eigenvalue weighted by Gasteiger charge is -2.17. The molecule has 1 atom stereocenters. The van der Waals surface area contributed by atoms with Gasteiger partial charge in [-0.25, -0.2) is 4.98 Å². The van der Waals surface area contributed by atoms with Crippen LogP contribution in [0.3, 0.4) is 0 Å². The maximum Gasteiger partial charge on any atom is 0.303 e. The first-order valence-electron chi connectivity index (χ1n) is 8.77. The van der Waals surface area contributed by atoms with Gasteiger partial charge < -0.3 is 5.11 Å². The summed E-state index contributed by atoms with van der Waals surface area (Å²) in [5.41, 5.74) is 1.22. The number of carbonyl (C=O) groups is 1. The van der Waals surface area contributed by atoms with E-state index in [-0.39, 0.29) is 12.0 Å². The van der Waals surface area contributed by atoms with Gasteiger partial charge in [0, 0.05) is 24.3 Å². The van der Waals surface area contributed by atoms with Crippen LogP contribution in [0.25, 0.3) is 10.2 Å². The third-order valence-corrected chi connectivity index (χ3v) is 5.89. The van der Waals surface area contributed by atoms with Crippen LogP contribution in [0.4, 0.5) is 0 Å². The van der Waals surface area contributed by atoms with Gasteiger partial charge in [-0.15, -0.1) is 11.3 Å². The average molecular weight is 348 g/mol. The third kappa shape index (κ3) is 3.24. The second-order valence-corrected chi connectivity index (χ2v) is 7.85. The van der Waals surface area contributed by atoms with E-state index in [0.29, 0.717) is 18.9 Å². The van der Waals surface area contributed by atoms with E-state index in [9.17, 15) is 9.59 Å². The first-order valence-corrected chi connectivity index (χ1v) is 9.58. The number of aryl methyl sites for hydroxylation is 2.